The Morgan fingerprint density at radius 1 is 1.09 bits per heavy atom. The summed E-state index contributed by atoms with van der Waals surface area (Å²) in [5, 5.41) is 13.4. The Balaban J connectivity index is 2.18. The van der Waals surface area contributed by atoms with Crippen molar-refractivity contribution in [2.45, 2.75) is 6.61 Å². The van der Waals surface area contributed by atoms with Gasteiger partial charge in [0, 0.05) is 15.6 Å². The highest BCUT2D eigenvalue weighted by Crippen LogP contribution is 2.36. The lowest BCUT2D eigenvalue weighted by Gasteiger charge is -2.04. The molecule has 0 atom stereocenters. The van der Waals surface area contributed by atoms with Gasteiger partial charge in [-0.25, -0.2) is 13.2 Å². The summed E-state index contributed by atoms with van der Waals surface area (Å²) in [6, 6.07) is 8.68. The van der Waals surface area contributed by atoms with Crippen LogP contribution in [-0.4, -0.2) is 10.3 Å². The number of benzene rings is 2. The Labute approximate surface area is 137 Å². The molecule has 0 aliphatic rings. The van der Waals surface area contributed by atoms with Crippen molar-refractivity contribution in [3.63, 3.8) is 0 Å². The summed E-state index contributed by atoms with van der Waals surface area (Å²) in [5.41, 5.74) is 0.907. The molecule has 0 bridgehead atoms. The van der Waals surface area contributed by atoms with Crippen molar-refractivity contribution in [1.29, 1.82) is 0 Å². The van der Waals surface area contributed by atoms with Gasteiger partial charge in [-0.2, -0.15) is 0 Å². The van der Waals surface area contributed by atoms with Gasteiger partial charge in [-0.15, -0.1) is 0 Å². The summed E-state index contributed by atoms with van der Waals surface area (Å²) in [7, 11) is 0. The van der Waals surface area contributed by atoms with E-state index in [1.54, 1.807) is 24.3 Å². The molecule has 0 amide bonds. The second-order valence-corrected chi connectivity index (χ2v) is 5.59. The van der Waals surface area contributed by atoms with E-state index in [1.165, 1.54) is 0 Å². The molecule has 0 unspecified atom stereocenters. The summed E-state index contributed by atoms with van der Waals surface area (Å²) >= 11 is 3.36. The minimum Gasteiger partial charge on any atom is -0.391 e. The zero-order chi connectivity index (χ0) is 16.6. The van der Waals surface area contributed by atoms with Crippen LogP contribution >= 0.6 is 15.9 Å². The first-order valence-corrected chi connectivity index (χ1v) is 7.31. The van der Waals surface area contributed by atoms with Gasteiger partial charge in [0.05, 0.1) is 12.2 Å². The molecule has 0 saturated heterocycles. The Hall–Kier alpha value is -2.12. The monoisotopic (exact) mass is 383 g/mol. The summed E-state index contributed by atoms with van der Waals surface area (Å²) in [5.74, 6) is -3.97. The predicted octanol–water partition coefficient (Wildman–Crippen LogP) is 4.68. The average Bonchev–Trinajstić information content (AvgIpc) is 2.96. The molecule has 118 valence electrons. The van der Waals surface area contributed by atoms with Crippen molar-refractivity contribution < 1.29 is 22.8 Å². The fraction of sp³-hybridized carbons (Fsp3) is 0.0625. The second kappa shape index (κ2) is 6.17. The van der Waals surface area contributed by atoms with E-state index < -0.39 is 24.1 Å². The van der Waals surface area contributed by atoms with Gasteiger partial charge in [0.15, 0.2) is 23.2 Å². The maximum absolute atomic E-state index is 13.4. The van der Waals surface area contributed by atoms with Gasteiger partial charge >= 0.3 is 0 Å². The molecule has 0 fully saturated rings. The summed E-state index contributed by atoms with van der Waals surface area (Å²) < 4.78 is 45.8. The van der Waals surface area contributed by atoms with Crippen LogP contribution in [0.25, 0.3) is 22.6 Å². The summed E-state index contributed by atoms with van der Waals surface area (Å²) in [4.78, 5) is 0. The normalized spacial score (nSPS) is 11.0. The SMILES string of the molecule is OCc1c(-c2cc(F)c(F)c(F)c2)noc1-c1ccccc1Br. The predicted molar refractivity (Wildman–Crippen MR) is 80.9 cm³/mol. The number of rotatable bonds is 3. The van der Waals surface area contributed by atoms with Gasteiger partial charge < -0.3 is 9.63 Å². The first-order valence-electron chi connectivity index (χ1n) is 6.52. The molecule has 1 N–H and O–H groups in total. The lowest BCUT2D eigenvalue weighted by molar-refractivity contribution is 0.281. The largest absolute Gasteiger partial charge is 0.391 e. The molecular weight excluding hydrogens is 375 g/mol. The first-order chi connectivity index (χ1) is 11.0. The molecule has 2 aromatic carbocycles. The quantitative estimate of drug-likeness (QED) is 0.667. The minimum absolute atomic E-state index is 0.0208. The number of aliphatic hydroxyl groups is 1. The van der Waals surface area contributed by atoms with Crippen LogP contribution in [-0.2, 0) is 6.61 Å². The van der Waals surface area contributed by atoms with Gasteiger partial charge in [-0.1, -0.05) is 33.2 Å². The molecule has 0 saturated carbocycles. The second-order valence-electron chi connectivity index (χ2n) is 4.73. The van der Waals surface area contributed by atoms with Crippen LogP contribution in [0.5, 0.6) is 0 Å². The van der Waals surface area contributed by atoms with E-state index >= 15 is 0 Å². The lowest BCUT2D eigenvalue weighted by atomic mass is 10.0. The van der Waals surface area contributed by atoms with Gasteiger partial charge in [-0.3, -0.25) is 0 Å². The zero-order valence-corrected chi connectivity index (χ0v) is 13.1. The molecule has 3 nitrogen and oxygen atoms in total. The van der Waals surface area contributed by atoms with Crippen molar-refractivity contribution in [2.75, 3.05) is 0 Å². The topological polar surface area (TPSA) is 46.3 Å². The van der Waals surface area contributed by atoms with E-state index in [4.69, 9.17) is 4.52 Å². The van der Waals surface area contributed by atoms with Gasteiger partial charge in [-0.05, 0) is 24.3 Å². The van der Waals surface area contributed by atoms with Crippen molar-refractivity contribution >= 4 is 15.9 Å². The molecule has 0 radical (unpaired) electrons. The number of aliphatic hydroxyl groups excluding tert-OH is 1. The molecule has 0 aliphatic heterocycles. The van der Waals surface area contributed by atoms with E-state index in [0.29, 0.717) is 10.0 Å². The summed E-state index contributed by atoms with van der Waals surface area (Å²) in [6.45, 7) is -0.462. The highest BCUT2D eigenvalue weighted by atomic mass is 79.9. The Kier molecular flexibility index (Phi) is 4.23. The van der Waals surface area contributed by atoms with E-state index in [0.717, 1.165) is 12.1 Å². The molecule has 7 heteroatoms. The van der Waals surface area contributed by atoms with Gasteiger partial charge in [0.2, 0.25) is 0 Å². The molecule has 0 aliphatic carbocycles. The molecular formula is C16H9BrF3NO2. The average molecular weight is 384 g/mol. The van der Waals surface area contributed by atoms with Gasteiger partial charge in [0.25, 0.3) is 0 Å². The van der Waals surface area contributed by atoms with Crippen LogP contribution in [0.3, 0.4) is 0 Å². The first kappa shape index (κ1) is 15.8. The third kappa shape index (κ3) is 2.77. The molecule has 3 aromatic rings. The number of nitrogens with zero attached hydrogens (tertiary/aromatic N) is 1. The van der Waals surface area contributed by atoms with Gasteiger partial charge in [0.1, 0.15) is 5.69 Å². The highest BCUT2D eigenvalue weighted by molar-refractivity contribution is 9.10. The Morgan fingerprint density at radius 3 is 2.35 bits per heavy atom. The third-order valence-corrected chi connectivity index (χ3v) is 4.01. The number of aromatic nitrogens is 1. The zero-order valence-electron chi connectivity index (χ0n) is 11.5. The number of hydrogen-bond donors (Lipinski definition) is 1. The summed E-state index contributed by atoms with van der Waals surface area (Å²) in [6.07, 6.45) is 0. The number of hydrogen-bond acceptors (Lipinski definition) is 3. The van der Waals surface area contributed by atoms with E-state index in [-0.39, 0.29) is 22.6 Å². The molecule has 3 rings (SSSR count). The molecule has 1 aromatic heterocycles. The molecule has 0 spiro atoms. The third-order valence-electron chi connectivity index (χ3n) is 3.32. The standard InChI is InChI=1S/C16H9BrF3NO2/c17-11-4-2-1-3-9(11)16-10(7-22)15(21-23-16)8-5-12(18)14(20)13(19)6-8/h1-6,22H,7H2. The van der Waals surface area contributed by atoms with Crippen molar-refractivity contribution in [1.82, 2.24) is 5.16 Å². The van der Waals surface area contributed by atoms with Crippen molar-refractivity contribution in [2.24, 2.45) is 0 Å². The van der Waals surface area contributed by atoms with Crippen molar-refractivity contribution in [3.8, 4) is 22.6 Å². The smallest absolute Gasteiger partial charge is 0.194 e. The van der Waals surface area contributed by atoms with Crippen molar-refractivity contribution in [3.05, 3.63) is 63.9 Å². The highest BCUT2D eigenvalue weighted by Gasteiger charge is 2.22. The fourth-order valence-corrected chi connectivity index (χ4v) is 2.70. The van der Waals surface area contributed by atoms with Crippen LogP contribution in [0.15, 0.2) is 45.4 Å². The molecule has 1 heterocycles. The lowest BCUT2D eigenvalue weighted by Crippen LogP contribution is -1.94. The Morgan fingerprint density at radius 2 is 1.74 bits per heavy atom. The van der Waals surface area contributed by atoms with Crippen LogP contribution in [0, 0.1) is 17.5 Å². The van der Waals surface area contributed by atoms with Crippen LogP contribution in [0.2, 0.25) is 0 Å². The fourth-order valence-electron chi connectivity index (χ4n) is 2.23. The maximum atomic E-state index is 13.4. The van der Waals surface area contributed by atoms with Crippen LogP contribution in [0.1, 0.15) is 5.56 Å². The molecule has 23 heavy (non-hydrogen) atoms. The minimum atomic E-state index is -1.56. The van der Waals surface area contributed by atoms with E-state index in [2.05, 4.69) is 21.1 Å². The van der Waals surface area contributed by atoms with E-state index in [9.17, 15) is 18.3 Å². The Bertz CT molecular complexity index is 857. The maximum Gasteiger partial charge on any atom is 0.194 e. The van der Waals surface area contributed by atoms with Crippen LogP contribution in [0.4, 0.5) is 13.2 Å². The van der Waals surface area contributed by atoms with E-state index in [1.807, 2.05) is 0 Å². The van der Waals surface area contributed by atoms with Crippen LogP contribution < -0.4 is 0 Å². The number of halogens is 4.